The Bertz CT molecular complexity index is 441. The van der Waals surface area contributed by atoms with E-state index in [4.69, 9.17) is 5.73 Å². The van der Waals surface area contributed by atoms with Gasteiger partial charge in [-0.05, 0) is 13.8 Å². The van der Waals surface area contributed by atoms with E-state index in [-0.39, 0.29) is 30.9 Å². The molecule has 0 saturated heterocycles. The number of aromatic nitrogens is 2. The summed E-state index contributed by atoms with van der Waals surface area (Å²) >= 11 is 0. The number of carbonyl (C=O) groups is 2. The molecule has 1 aromatic heterocycles. The first-order valence-corrected chi connectivity index (χ1v) is 5.70. The summed E-state index contributed by atoms with van der Waals surface area (Å²) in [6.45, 7) is 3.61. The summed E-state index contributed by atoms with van der Waals surface area (Å²) in [5, 5.41) is 9.31. The first kappa shape index (κ1) is 14.2. The second-order valence-electron chi connectivity index (χ2n) is 4.08. The van der Waals surface area contributed by atoms with Crippen LogP contribution >= 0.6 is 0 Å². The first-order chi connectivity index (χ1) is 8.45. The van der Waals surface area contributed by atoms with Crippen molar-refractivity contribution >= 4 is 11.8 Å². The minimum atomic E-state index is -0.352. The van der Waals surface area contributed by atoms with Gasteiger partial charge in [-0.2, -0.15) is 5.10 Å². The van der Waals surface area contributed by atoms with Gasteiger partial charge in [0, 0.05) is 18.3 Å². The second-order valence-corrected chi connectivity index (χ2v) is 4.08. The molecule has 0 bridgehead atoms. The Labute approximate surface area is 106 Å². The predicted molar refractivity (Wildman–Crippen MR) is 66.6 cm³/mol. The third-order valence-corrected chi connectivity index (χ3v) is 2.75. The normalized spacial score (nSPS) is 12.0. The Morgan fingerprint density at radius 1 is 1.50 bits per heavy atom. The number of amides is 2. The van der Waals surface area contributed by atoms with Gasteiger partial charge >= 0.3 is 0 Å². The third-order valence-electron chi connectivity index (χ3n) is 2.75. The number of hydrogen-bond donors (Lipinski definition) is 3. The molecule has 0 fully saturated rings. The highest BCUT2D eigenvalue weighted by Gasteiger charge is 2.14. The van der Waals surface area contributed by atoms with E-state index < -0.39 is 0 Å². The molecular formula is C11H19N5O2. The van der Waals surface area contributed by atoms with E-state index in [1.165, 1.54) is 0 Å². The molecule has 0 spiro atoms. The monoisotopic (exact) mass is 253 g/mol. The van der Waals surface area contributed by atoms with Gasteiger partial charge in [-0.1, -0.05) is 0 Å². The van der Waals surface area contributed by atoms with E-state index in [2.05, 4.69) is 15.7 Å². The number of hydrogen-bond acceptors (Lipinski definition) is 4. The molecule has 0 aromatic carbocycles. The van der Waals surface area contributed by atoms with Gasteiger partial charge < -0.3 is 16.4 Å². The van der Waals surface area contributed by atoms with Crippen LogP contribution in [0.3, 0.4) is 0 Å². The van der Waals surface area contributed by atoms with Crippen molar-refractivity contribution in [3.63, 3.8) is 0 Å². The molecule has 100 valence electrons. The predicted octanol–water partition coefficient (Wildman–Crippen LogP) is -1.02. The van der Waals surface area contributed by atoms with Crippen molar-refractivity contribution in [2.24, 2.45) is 12.8 Å². The standard InChI is InChI=1S/C11H19N5O2/c1-7(9-5-14-16(3)8(9)2)15-11(18)6-13-10(17)4-12/h5,7H,4,6,12H2,1-3H3,(H,13,17)(H,15,18). The summed E-state index contributed by atoms with van der Waals surface area (Å²) in [6, 6.07) is -0.152. The molecule has 1 aromatic rings. The second kappa shape index (κ2) is 6.15. The quantitative estimate of drug-likeness (QED) is 0.625. The van der Waals surface area contributed by atoms with Crippen LogP contribution < -0.4 is 16.4 Å². The smallest absolute Gasteiger partial charge is 0.239 e. The van der Waals surface area contributed by atoms with Crippen LogP contribution in [0.25, 0.3) is 0 Å². The van der Waals surface area contributed by atoms with Crippen LogP contribution in [-0.2, 0) is 16.6 Å². The summed E-state index contributed by atoms with van der Waals surface area (Å²) in [4.78, 5) is 22.5. The number of aryl methyl sites for hydroxylation is 1. The molecule has 0 aliphatic rings. The summed E-state index contributed by atoms with van der Waals surface area (Å²) in [5.74, 6) is -0.608. The summed E-state index contributed by atoms with van der Waals surface area (Å²) in [5.41, 5.74) is 7.07. The van der Waals surface area contributed by atoms with E-state index >= 15 is 0 Å². The zero-order valence-electron chi connectivity index (χ0n) is 10.9. The molecule has 4 N–H and O–H groups in total. The van der Waals surface area contributed by atoms with Crippen LogP contribution in [0.1, 0.15) is 24.2 Å². The highest BCUT2D eigenvalue weighted by atomic mass is 16.2. The lowest BCUT2D eigenvalue weighted by molar-refractivity contribution is -0.125. The maximum absolute atomic E-state index is 11.6. The summed E-state index contributed by atoms with van der Waals surface area (Å²) < 4.78 is 1.74. The molecule has 1 atom stereocenters. The van der Waals surface area contributed by atoms with E-state index in [1.54, 1.807) is 10.9 Å². The van der Waals surface area contributed by atoms with Gasteiger partial charge in [0.25, 0.3) is 0 Å². The van der Waals surface area contributed by atoms with E-state index in [9.17, 15) is 9.59 Å². The fourth-order valence-corrected chi connectivity index (χ4v) is 1.56. The fourth-order valence-electron chi connectivity index (χ4n) is 1.56. The lowest BCUT2D eigenvalue weighted by atomic mass is 10.1. The Morgan fingerprint density at radius 3 is 2.67 bits per heavy atom. The van der Waals surface area contributed by atoms with Gasteiger partial charge in [0.15, 0.2) is 0 Å². The molecule has 1 heterocycles. The van der Waals surface area contributed by atoms with Gasteiger partial charge in [-0.3, -0.25) is 14.3 Å². The minimum absolute atomic E-state index is 0.0698. The zero-order valence-corrected chi connectivity index (χ0v) is 10.9. The van der Waals surface area contributed by atoms with Crippen molar-refractivity contribution in [1.29, 1.82) is 0 Å². The first-order valence-electron chi connectivity index (χ1n) is 5.70. The highest BCUT2D eigenvalue weighted by molar-refractivity contribution is 5.85. The number of nitrogens with two attached hydrogens (primary N) is 1. The maximum Gasteiger partial charge on any atom is 0.239 e. The molecule has 1 unspecified atom stereocenters. The van der Waals surface area contributed by atoms with Gasteiger partial charge in [-0.25, -0.2) is 0 Å². The van der Waals surface area contributed by atoms with Crippen molar-refractivity contribution in [1.82, 2.24) is 20.4 Å². The van der Waals surface area contributed by atoms with Crippen LogP contribution in [-0.4, -0.2) is 34.7 Å². The largest absolute Gasteiger partial charge is 0.348 e. The third kappa shape index (κ3) is 3.56. The van der Waals surface area contributed by atoms with Crippen molar-refractivity contribution in [2.75, 3.05) is 13.1 Å². The fraction of sp³-hybridized carbons (Fsp3) is 0.545. The SMILES string of the molecule is Cc1c(C(C)NC(=O)CNC(=O)CN)cnn1C. The molecule has 7 nitrogen and oxygen atoms in total. The summed E-state index contributed by atoms with van der Waals surface area (Å²) in [6.07, 6.45) is 1.72. The lowest BCUT2D eigenvalue weighted by Crippen LogP contribution is -2.40. The van der Waals surface area contributed by atoms with Crippen LogP contribution in [0.5, 0.6) is 0 Å². The van der Waals surface area contributed by atoms with Gasteiger partial charge in [0.05, 0.1) is 25.3 Å². The van der Waals surface area contributed by atoms with Crippen molar-refractivity contribution in [3.05, 3.63) is 17.5 Å². The van der Waals surface area contributed by atoms with Gasteiger partial charge in [0.2, 0.25) is 11.8 Å². The van der Waals surface area contributed by atoms with Crippen LogP contribution in [0.4, 0.5) is 0 Å². The average Bonchev–Trinajstić information content (AvgIpc) is 2.67. The van der Waals surface area contributed by atoms with E-state index in [0.29, 0.717) is 0 Å². The zero-order chi connectivity index (χ0) is 13.7. The molecule has 7 heteroatoms. The molecule has 0 aliphatic heterocycles. The Morgan fingerprint density at radius 2 is 2.17 bits per heavy atom. The maximum atomic E-state index is 11.6. The molecule has 0 radical (unpaired) electrons. The number of carbonyl (C=O) groups excluding carboxylic acids is 2. The van der Waals surface area contributed by atoms with Gasteiger partial charge in [0.1, 0.15) is 0 Å². The summed E-state index contributed by atoms with van der Waals surface area (Å²) in [7, 11) is 1.84. The molecule has 0 saturated carbocycles. The van der Waals surface area contributed by atoms with Crippen molar-refractivity contribution in [2.45, 2.75) is 19.9 Å². The van der Waals surface area contributed by atoms with Crippen LogP contribution in [0, 0.1) is 6.92 Å². The minimum Gasteiger partial charge on any atom is -0.348 e. The topological polar surface area (TPSA) is 102 Å². The molecule has 2 amide bonds. The van der Waals surface area contributed by atoms with Crippen LogP contribution in [0.15, 0.2) is 6.20 Å². The van der Waals surface area contributed by atoms with Crippen molar-refractivity contribution in [3.8, 4) is 0 Å². The Balaban J connectivity index is 2.49. The average molecular weight is 253 g/mol. The number of rotatable bonds is 5. The van der Waals surface area contributed by atoms with Gasteiger partial charge in [-0.15, -0.1) is 0 Å². The molecular weight excluding hydrogens is 234 g/mol. The Kier molecular flexibility index (Phi) is 4.85. The Hall–Kier alpha value is -1.89. The van der Waals surface area contributed by atoms with E-state index in [1.807, 2.05) is 20.9 Å². The van der Waals surface area contributed by atoms with Crippen molar-refractivity contribution < 1.29 is 9.59 Å². The highest BCUT2D eigenvalue weighted by Crippen LogP contribution is 2.15. The number of nitrogens with zero attached hydrogens (tertiary/aromatic N) is 2. The van der Waals surface area contributed by atoms with Crippen LogP contribution in [0.2, 0.25) is 0 Å². The molecule has 1 rings (SSSR count). The number of nitrogens with one attached hydrogen (secondary N) is 2. The molecule has 18 heavy (non-hydrogen) atoms. The lowest BCUT2D eigenvalue weighted by Gasteiger charge is -2.14. The van der Waals surface area contributed by atoms with E-state index in [0.717, 1.165) is 11.3 Å². The molecule has 0 aliphatic carbocycles.